The largest absolute Gasteiger partial charge is 0.383 e. The van der Waals surface area contributed by atoms with Gasteiger partial charge in [0, 0.05) is 24.8 Å². The fraction of sp³-hybridized carbons (Fsp3) is 0.231. The van der Waals surface area contributed by atoms with Crippen LogP contribution in [-0.2, 0) is 26.0 Å². The van der Waals surface area contributed by atoms with Gasteiger partial charge in [0.25, 0.3) is 15.9 Å². The van der Waals surface area contributed by atoms with Crippen molar-refractivity contribution in [2.45, 2.75) is 18.2 Å². The second kappa shape index (κ2) is 10.3. The number of amides is 2. The van der Waals surface area contributed by atoms with Gasteiger partial charge in [0.2, 0.25) is 5.91 Å². The Labute approximate surface area is 205 Å². The molecule has 0 saturated heterocycles. The number of methoxy groups -OCH3 is 1. The van der Waals surface area contributed by atoms with E-state index in [0.717, 1.165) is 21.9 Å². The highest BCUT2D eigenvalue weighted by atomic mass is 32.2. The van der Waals surface area contributed by atoms with Gasteiger partial charge in [-0.3, -0.25) is 13.9 Å². The van der Waals surface area contributed by atoms with E-state index in [0.29, 0.717) is 30.1 Å². The molecule has 0 atom stereocenters. The van der Waals surface area contributed by atoms with E-state index in [9.17, 15) is 18.0 Å². The van der Waals surface area contributed by atoms with Crippen LogP contribution in [0.1, 0.15) is 22.8 Å². The minimum absolute atomic E-state index is 0.159. The fourth-order valence-electron chi connectivity index (χ4n) is 4.04. The SMILES string of the molecule is CCc1ccc2c(c1)-c1ccccc1S(=O)(=O)N2CC(=O)Nc1ccccc1C(=O)NCCOC. The van der Waals surface area contributed by atoms with Crippen LogP contribution in [0.2, 0.25) is 0 Å². The number of carbonyl (C=O) groups is 2. The van der Waals surface area contributed by atoms with Crippen LogP contribution in [0.25, 0.3) is 11.1 Å². The van der Waals surface area contributed by atoms with Crippen molar-refractivity contribution in [1.82, 2.24) is 5.32 Å². The van der Waals surface area contributed by atoms with Crippen molar-refractivity contribution in [1.29, 1.82) is 0 Å². The van der Waals surface area contributed by atoms with Crippen LogP contribution in [-0.4, -0.2) is 47.0 Å². The molecule has 8 nitrogen and oxygen atoms in total. The Morgan fingerprint density at radius 3 is 2.49 bits per heavy atom. The van der Waals surface area contributed by atoms with Crippen molar-refractivity contribution in [2.75, 3.05) is 36.4 Å². The van der Waals surface area contributed by atoms with Gasteiger partial charge < -0.3 is 15.4 Å². The van der Waals surface area contributed by atoms with E-state index in [1.54, 1.807) is 54.6 Å². The molecule has 1 aliphatic heterocycles. The van der Waals surface area contributed by atoms with Crippen LogP contribution in [0.3, 0.4) is 0 Å². The van der Waals surface area contributed by atoms with E-state index in [1.165, 1.54) is 7.11 Å². The van der Waals surface area contributed by atoms with Crippen molar-refractivity contribution in [3.63, 3.8) is 0 Å². The summed E-state index contributed by atoms with van der Waals surface area (Å²) in [6.45, 7) is 2.27. The molecule has 182 valence electrons. The number of aryl methyl sites for hydroxylation is 1. The Morgan fingerprint density at radius 1 is 0.971 bits per heavy atom. The number of carbonyl (C=O) groups excluding carboxylic acids is 2. The Hall–Kier alpha value is -3.69. The summed E-state index contributed by atoms with van der Waals surface area (Å²) < 4.78 is 33.1. The van der Waals surface area contributed by atoms with Crippen LogP contribution >= 0.6 is 0 Å². The summed E-state index contributed by atoms with van der Waals surface area (Å²) in [5.74, 6) is -0.925. The van der Waals surface area contributed by atoms with E-state index in [4.69, 9.17) is 4.74 Å². The van der Waals surface area contributed by atoms with Crippen LogP contribution < -0.4 is 14.9 Å². The van der Waals surface area contributed by atoms with Gasteiger partial charge >= 0.3 is 0 Å². The van der Waals surface area contributed by atoms with Gasteiger partial charge in [0.15, 0.2) is 0 Å². The summed E-state index contributed by atoms with van der Waals surface area (Å²) in [7, 11) is -2.43. The maximum absolute atomic E-state index is 13.5. The highest BCUT2D eigenvalue weighted by molar-refractivity contribution is 7.93. The van der Waals surface area contributed by atoms with E-state index in [-0.39, 0.29) is 16.4 Å². The first-order chi connectivity index (χ1) is 16.9. The summed E-state index contributed by atoms with van der Waals surface area (Å²) >= 11 is 0. The second-order valence-corrected chi connectivity index (χ2v) is 9.89. The lowest BCUT2D eigenvalue weighted by atomic mass is 9.99. The topological polar surface area (TPSA) is 105 Å². The molecule has 0 saturated carbocycles. The third-order valence-electron chi connectivity index (χ3n) is 5.81. The first-order valence-corrected chi connectivity index (χ1v) is 12.7. The van der Waals surface area contributed by atoms with Gasteiger partial charge in [0.1, 0.15) is 6.54 Å². The van der Waals surface area contributed by atoms with Crippen molar-refractivity contribution in [3.8, 4) is 11.1 Å². The van der Waals surface area contributed by atoms with Crippen LogP contribution in [0.5, 0.6) is 0 Å². The predicted octanol–water partition coefficient (Wildman–Crippen LogP) is 3.44. The van der Waals surface area contributed by atoms with Crippen LogP contribution in [0.4, 0.5) is 11.4 Å². The predicted molar refractivity (Wildman–Crippen MR) is 135 cm³/mol. The number of para-hydroxylation sites is 1. The van der Waals surface area contributed by atoms with Gasteiger partial charge in [-0.15, -0.1) is 0 Å². The third kappa shape index (κ3) is 4.91. The number of fused-ring (bicyclic) bond motifs is 3. The number of nitrogens with one attached hydrogen (secondary N) is 2. The van der Waals surface area contributed by atoms with E-state index < -0.39 is 22.5 Å². The Morgan fingerprint density at radius 2 is 1.71 bits per heavy atom. The van der Waals surface area contributed by atoms with Crippen molar-refractivity contribution < 1.29 is 22.7 Å². The summed E-state index contributed by atoms with van der Waals surface area (Å²) in [4.78, 5) is 25.8. The van der Waals surface area contributed by atoms with Gasteiger partial charge in [-0.25, -0.2) is 8.42 Å². The number of anilines is 2. The summed E-state index contributed by atoms with van der Waals surface area (Å²) in [6.07, 6.45) is 0.798. The van der Waals surface area contributed by atoms with Crippen molar-refractivity contribution in [3.05, 3.63) is 77.9 Å². The first-order valence-electron chi connectivity index (χ1n) is 11.3. The van der Waals surface area contributed by atoms with E-state index >= 15 is 0 Å². The van der Waals surface area contributed by atoms with Gasteiger partial charge in [-0.2, -0.15) is 0 Å². The summed E-state index contributed by atoms with van der Waals surface area (Å²) in [5.41, 5.74) is 3.46. The van der Waals surface area contributed by atoms with Crippen molar-refractivity contribution in [2.24, 2.45) is 0 Å². The number of nitrogens with zero attached hydrogens (tertiary/aromatic N) is 1. The zero-order chi connectivity index (χ0) is 25.0. The van der Waals surface area contributed by atoms with Gasteiger partial charge in [-0.05, 0) is 42.3 Å². The number of ether oxygens (including phenoxy) is 1. The molecular weight excluding hydrogens is 466 g/mol. The van der Waals surface area contributed by atoms with E-state index in [1.807, 2.05) is 19.1 Å². The molecule has 3 aromatic carbocycles. The van der Waals surface area contributed by atoms with Crippen LogP contribution in [0.15, 0.2) is 71.6 Å². The maximum Gasteiger partial charge on any atom is 0.265 e. The monoisotopic (exact) mass is 493 g/mol. The van der Waals surface area contributed by atoms with Gasteiger partial charge in [-0.1, -0.05) is 43.3 Å². The number of sulfonamides is 1. The Balaban J connectivity index is 1.63. The molecule has 2 N–H and O–H groups in total. The lowest BCUT2D eigenvalue weighted by molar-refractivity contribution is -0.114. The second-order valence-electron chi connectivity index (χ2n) is 8.06. The molecule has 0 aliphatic carbocycles. The molecule has 35 heavy (non-hydrogen) atoms. The number of benzene rings is 3. The average Bonchev–Trinajstić information content (AvgIpc) is 2.87. The summed E-state index contributed by atoms with van der Waals surface area (Å²) in [6, 6.07) is 18.9. The summed E-state index contributed by atoms with van der Waals surface area (Å²) in [5, 5.41) is 5.43. The highest BCUT2D eigenvalue weighted by Gasteiger charge is 2.36. The zero-order valence-corrected chi connectivity index (χ0v) is 20.4. The first kappa shape index (κ1) is 24.4. The minimum Gasteiger partial charge on any atom is -0.383 e. The minimum atomic E-state index is -3.97. The van der Waals surface area contributed by atoms with E-state index in [2.05, 4.69) is 10.6 Å². The van der Waals surface area contributed by atoms with Gasteiger partial charge in [0.05, 0.1) is 28.4 Å². The molecular formula is C26H27N3O5S. The Kier molecular flexibility index (Phi) is 7.18. The molecule has 0 fully saturated rings. The lowest BCUT2D eigenvalue weighted by Crippen LogP contribution is -2.40. The number of hydrogen-bond donors (Lipinski definition) is 2. The normalized spacial score (nSPS) is 13.5. The molecule has 3 aromatic rings. The molecule has 1 heterocycles. The zero-order valence-electron chi connectivity index (χ0n) is 19.6. The molecule has 0 aromatic heterocycles. The fourth-order valence-corrected chi connectivity index (χ4v) is 5.69. The van der Waals surface area contributed by atoms with Crippen LogP contribution in [0, 0.1) is 0 Å². The lowest BCUT2D eigenvalue weighted by Gasteiger charge is -2.32. The molecule has 9 heteroatoms. The smallest absolute Gasteiger partial charge is 0.265 e. The average molecular weight is 494 g/mol. The standard InChI is InChI=1S/C26H27N3O5S/c1-3-18-12-13-23-21(16-18)19-8-5-7-11-24(19)35(32,33)29(23)17-25(30)28-22-10-6-4-9-20(22)26(31)27-14-15-34-2/h4-13,16H,3,14-15,17H2,1-2H3,(H,27,31)(H,28,30). The Bertz CT molecular complexity index is 1370. The third-order valence-corrected chi connectivity index (χ3v) is 7.63. The van der Waals surface area contributed by atoms with Crippen molar-refractivity contribution >= 4 is 33.2 Å². The quantitative estimate of drug-likeness (QED) is 0.468. The molecule has 2 amide bonds. The molecule has 0 radical (unpaired) electrons. The number of rotatable bonds is 8. The maximum atomic E-state index is 13.5. The highest BCUT2D eigenvalue weighted by Crippen LogP contribution is 2.43. The molecule has 0 bridgehead atoms. The molecule has 4 rings (SSSR count). The number of hydrogen-bond acceptors (Lipinski definition) is 5. The molecule has 0 spiro atoms. The molecule has 1 aliphatic rings. The molecule has 0 unspecified atom stereocenters.